The van der Waals surface area contributed by atoms with Crippen LogP contribution < -0.4 is 0 Å². The zero-order valence-electron chi connectivity index (χ0n) is 19.4. The van der Waals surface area contributed by atoms with Crippen molar-refractivity contribution < 1.29 is 28.2 Å². The van der Waals surface area contributed by atoms with Crippen molar-refractivity contribution in [2.75, 3.05) is 0 Å². The van der Waals surface area contributed by atoms with E-state index in [-0.39, 0.29) is 43.0 Å². The Bertz CT molecular complexity index is 789. The standard InChI is InChI=1S/C27H36F2O4/c1-2-3-19-27(28,29)25(31)18-16-22-15-17-24(30)23(22)13-9-4-5-10-14-26(32)33-20-21-11-7-6-8-12-21/h4,6-9,11-12,15,17,22-23,25,31H,2-3,5,10,13-14,16,18-20H2,1H3/b9-4-/t22-,23-,25?/m1/s1. The SMILES string of the molecule is CCCCC(F)(F)C(O)CC[C@H]1C=CC(=O)[C@@H]1C/C=C\CCCC(=O)OCc1ccccc1. The minimum absolute atomic E-state index is 0.00127. The number of carbonyl (C=O) groups excluding carboxylic acids is 2. The number of esters is 1. The molecule has 4 nitrogen and oxygen atoms in total. The van der Waals surface area contributed by atoms with Gasteiger partial charge in [0.25, 0.3) is 5.92 Å². The van der Waals surface area contributed by atoms with Crippen LogP contribution in [0.3, 0.4) is 0 Å². The lowest BCUT2D eigenvalue weighted by Gasteiger charge is -2.24. The molecule has 1 aromatic carbocycles. The van der Waals surface area contributed by atoms with Crippen LogP contribution >= 0.6 is 0 Å². The van der Waals surface area contributed by atoms with Crippen molar-refractivity contribution in [1.82, 2.24) is 0 Å². The molecule has 0 aromatic heterocycles. The summed E-state index contributed by atoms with van der Waals surface area (Å²) < 4.78 is 33.2. The van der Waals surface area contributed by atoms with Gasteiger partial charge in [-0.1, -0.05) is 61.9 Å². The first-order chi connectivity index (χ1) is 15.8. The minimum Gasteiger partial charge on any atom is -0.461 e. The summed E-state index contributed by atoms with van der Waals surface area (Å²) >= 11 is 0. The number of ether oxygens (including phenoxy) is 1. The van der Waals surface area contributed by atoms with Gasteiger partial charge < -0.3 is 9.84 Å². The van der Waals surface area contributed by atoms with Crippen molar-refractivity contribution >= 4 is 11.8 Å². The average molecular weight is 463 g/mol. The Labute approximate surface area is 195 Å². The average Bonchev–Trinajstić information content (AvgIpc) is 3.16. The topological polar surface area (TPSA) is 63.6 Å². The number of allylic oxidation sites excluding steroid dienone is 4. The van der Waals surface area contributed by atoms with E-state index in [4.69, 9.17) is 4.74 Å². The molecule has 0 saturated heterocycles. The predicted octanol–water partition coefficient (Wildman–Crippen LogP) is 6.18. The minimum atomic E-state index is -3.08. The molecule has 2 rings (SSSR count). The molecule has 182 valence electrons. The second-order valence-corrected chi connectivity index (χ2v) is 8.74. The molecule has 0 fully saturated rings. The first kappa shape index (κ1) is 26.9. The highest BCUT2D eigenvalue weighted by Gasteiger charge is 2.38. The summed E-state index contributed by atoms with van der Waals surface area (Å²) in [6.07, 6.45) is 8.76. The van der Waals surface area contributed by atoms with Gasteiger partial charge >= 0.3 is 5.97 Å². The van der Waals surface area contributed by atoms with Crippen molar-refractivity contribution in [2.24, 2.45) is 11.8 Å². The third kappa shape index (κ3) is 9.58. The molecule has 0 saturated carbocycles. The number of ketones is 1. The third-order valence-electron chi connectivity index (χ3n) is 6.07. The van der Waals surface area contributed by atoms with Crippen molar-refractivity contribution in [3.8, 4) is 0 Å². The van der Waals surface area contributed by atoms with Crippen LogP contribution in [0.1, 0.15) is 70.3 Å². The van der Waals surface area contributed by atoms with Gasteiger partial charge in [0, 0.05) is 18.8 Å². The zero-order chi connectivity index (χ0) is 24.1. The fraction of sp³-hybridized carbons (Fsp3) is 0.556. The molecule has 33 heavy (non-hydrogen) atoms. The third-order valence-corrected chi connectivity index (χ3v) is 6.07. The summed E-state index contributed by atoms with van der Waals surface area (Å²) in [4.78, 5) is 24.0. The molecular formula is C27H36F2O4. The van der Waals surface area contributed by atoms with E-state index in [1.54, 1.807) is 6.08 Å². The number of aliphatic hydroxyl groups is 1. The van der Waals surface area contributed by atoms with Crippen molar-refractivity contribution in [3.05, 3.63) is 60.2 Å². The zero-order valence-corrected chi connectivity index (χ0v) is 19.4. The number of carbonyl (C=O) groups is 2. The Morgan fingerprint density at radius 3 is 2.70 bits per heavy atom. The maximum Gasteiger partial charge on any atom is 0.306 e. The lowest BCUT2D eigenvalue weighted by molar-refractivity contribution is -0.145. The first-order valence-corrected chi connectivity index (χ1v) is 12.0. The van der Waals surface area contributed by atoms with E-state index < -0.39 is 12.0 Å². The molecule has 1 N–H and O–H groups in total. The quantitative estimate of drug-likeness (QED) is 0.192. The molecule has 1 aliphatic rings. The van der Waals surface area contributed by atoms with Crippen molar-refractivity contribution in [1.29, 1.82) is 0 Å². The number of hydrogen-bond acceptors (Lipinski definition) is 4. The molecule has 1 unspecified atom stereocenters. The summed E-state index contributed by atoms with van der Waals surface area (Å²) in [5.74, 6) is -3.72. The summed E-state index contributed by atoms with van der Waals surface area (Å²) in [7, 11) is 0. The summed E-state index contributed by atoms with van der Waals surface area (Å²) in [6.45, 7) is 2.11. The Hall–Kier alpha value is -2.34. The molecule has 6 heteroatoms. The number of rotatable bonds is 15. The van der Waals surface area contributed by atoms with Gasteiger partial charge in [-0.25, -0.2) is 8.78 Å². The number of halogens is 2. The smallest absolute Gasteiger partial charge is 0.306 e. The van der Waals surface area contributed by atoms with E-state index in [2.05, 4.69) is 0 Å². The number of unbranched alkanes of at least 4 members (excludes halogenated alkanes) is 2. The Balaban J connectivity index is 1.66. The van der Waals surface area contributed by atoms with Crippen LogP contribution in [0.4, 0.5) is 8.78 Å². The van der Waals surface area contributed by atoms with Gasteiger partial charge in [-0.05, 0) is 56.1 Å². The van der Waals surface area contributed by atoms with Gasteiger partial charge in [0.2, 0.25) is 0 Å². The van der Waals surface area contributed by atoms with Crippen LogP contribution in [0, 0.1) is 11.8 Å². The first-order valence-electron chi connectivity index (χ1n) is 12.0. The number of alkyl halides is 2. The van der Waals surface area contributed by atoms with Crippen LogP contribution in [0.2, 0.25) is 0 Å². The fourth-order valence-electron chi connectivity index (χ4n) is 3.95. The van der Waals surface area contributed by atoms with Gasteiger partial charge in [0.05, 0.1) is 0 Å². The van der Waals surface area contributed by atoms with E-state index in [1.807, 2.05) is 49.4 Å². The van der Waals surface area contributed by atoms with Crippen LogP contribution in [0.5, 0.6) is 0 Å². The Morgan fingerprint density at radius 1 is 1.21 bits per heavy atom. The van der Waals surface area contributed by atoms with Crippen LogP contribution in [-0.4, -0.2) is 28.9 Å². The fourth-order valence-corrected chi connectivity index (χ4v) is 3.95. The number of benzene rings is 1. The molecule has 1 aliphatic carbocycles. The Morgan fingerprint density at radius 2 is 1.97 bits per heavy atom. The summed E-state index contributed by atoms with van der Waals surface area (Å²) in [5.41, 5.74) is 0.951. The van der Waals surface area contributed by atoms with E-state index in [0.717, 1.165) is 5.56 Å². The highest BCUT2D eigenvalue weighted by atomic mass is 19.3. The number of aliphatic hydroxyl groups excluding tert-OH is 1. The van der Waals surface area contributed by atoms with E-state index in [9.17, 15) is 23.5 Å². The predicted molar refractivity (Wildman–Crippen MR) is 125 cm³/mol. The number of hydrogen-bond donors (Lipinski definition) is 1. The molecule has 1 aromatic rings. The highest BCUT2D eigenvalue weighted by Crippen LogP contribution is 2.34. The molecule has 0 amide bonds. The van der Waals surface area contributed by atoms with Gasteiger partial charge in [-0.3, -0.25) is 9.59 Å². The van der Waals surface area contributed by atoms with Gasteiger partial charge in [-0.15, -0.1) is 0 Å². The Kier molecular flexibility index (Phi) is 11.4. The second-order valence-electron chi connectivity index (χ2n) is 8.74. The van der Waals surface area contributed by atoms with E-state index in [0.29, 0.717) is 44.9 Å². The lowest BCUT2D eigenvalue weighted by Crippen LogP contribution is -2.34. The summed E-state index contributed by atoms with van der Waals surface area (Å²) in [5, 5.41) is 9.93. The maximum atomic E-state index is 14.0. The molecule has 0 bridgehead atoms. The highest BCUT2D eigenvalue weighted by molar-refractivity contribution is 5.94. The maximum absolute atomic E-state index is 14.0. The van der Waals surface area contributed by atoms with E-state index in [1.165, 1.54) is 6.08 Å². The molecular weight excluding hydrogens is 426 g/mol. The van der Waals surface area contributed by atoms with Crippen LogP contribution in [0.15, 0.2) is 54.6 Å². The van der Waals surface area contributed by atoms with Crippen LogP contribution in [0.25, 0.3) is 0 Å². The van der Waals surface area contributed by atoms with Crippen molar-refractivity contribution in [3.63, 3.8) is 0 Å². The molecule has 0 heterocycles. The monoisotopic (exact) mass is 462 g/mol. The normalized spacial score (nSPS) is 19.3. The summed E-state index contributed by atoms with van der Waals surface area (Å²) in [6, 6.07) is 9.51. The van der Waals surface area contributed by atoms with Gasteiger partial charge in [-0.2, -0.15) is 0 Å². The molecule has 0 radical (unpaired) electrons. The lowest BCUT2D eigenvalue weighted by atomic mass is 9.86. The van der Waals surface area contributed by atoms with E-state index >= 15 is 0 Å². The van der Waals surface area contributed by atoms with Crippen molar-refractivity contribution in [2.45, 2.75) is 83.3 Å². The molecule has 0 spiro atoms. The second kappa shape index (κ2) is 14.0. The molecule has 3 atom stereocenters. The van der Waals surface area contributed by atoms with Gasteiger partial charge in [0.15, 0.2) is 5.78 Å². The van der Waals surface area contributed by atoms with Crippen LogP contribution in [-0.2, 0) is 20.9 Å². The van der Waals surface area contributed by atoms with Gasteiger partial charge in [0.1, 0.15) is 12.7 Å². The molecule has 0 aliphatic heterocycles. The largest absolute Gasteiger partial charge is 0.461 e.